The molecule has 0 bridgehead atoms. The fraction of sp³-hybridized carbons (Fsp3) is 0.571. The number of benzene rings is 1. The summed E-state index contributed by atoms with van der Waals surface area (Å²) in [6, 6.07) is 2.28. The molecule has 20 heavy (non-hydrogen) atoms. The van der Waals surface area contributed by atoms with E-state index in [1.54, 1.807) is 0 Å². The Kier molecular flexibility index (Phi) is 4.81. The molecule has 110 valence electrons. The topological polar surface area (TPSA) is 55.2 Å². The Morgan fingerprint density at radius 2 is 2.05 bits per heavy atom. The SMILES string of the molecule is CC(Nc1cc(Cl)c(F)cc1[N+](=O)[O-])C1CCCCC1. The summed E-state index contributed by atoms with van der Waals surface area (Å²) in [4.78, 5) is 10.4. The lowest BCUT2D eigenvalue weighted by Gasteiger charge is -2.28. The number of nitro benzene ring substituents is 1. The van der Waals surface area contributed by atoms with E-state index in [0.717, 1.165) is 18.9 Å². The standard InChI is InChI=1S/C14H18ClFN2O2/c1-9(10-5-3-2-4-6-10)17-13-7-11(15)12(16)8-14(13)18(19)20/h7-10,17H,2-6H2,1H3. The van der Waals surface area contributed by atoms with Crippen LogP contribution in [0.15, 0.2) is 12.1 Å². The molecule has 1 aliphatic rings. The molecule has 0 radical (unpaired) electrons. The van der Waals surface area contributed by atoms with Crippen LogP contribution in [0, 0.1) is 21.8 Å². The van der Waals surface area contributed by atoms with Crippen molar-refractivity contribution < 1.29 is 9.31 Å². The largest absolute Gasteiger partial charge is 0.377 e. The van der Waals surface area contributed by atoms with E-state index in [-0.39, 0.29) is 16.8 Å². The van der Waals surface area contributed by atoms with E-state index in [9.17, 15) is 14.5 Å². The van der Waals surface area contributed by atoms with Crippen molar-refractivity contribution in [2.24, 2.45) is 5.92 Å². The van der Waals surface area contributed by atoms with Crippen LogP contribution in [0.1, 0.15) is 39.0 Å². The smallest absolute Gasteiger partial charge is 0.295 e. The van der Waals surface area contributed by atoms with Gasteiger partial charge < -0.3 is 5.32 Å². The molecule has 6 heteroatoms. The van der Waals surface area contributed by atoms with Crippen LogP contribution < -0.4 is 5.32 Å². The minimum atomic E-state index is -0.769. The van der Waals surface area contributed by atoms with Gasteiger partial charge in [0, 0.05) is 6.04 Å². The molecule has 0 heterocycles. The minimum Gasteiger partial charge on any atom is -0.377 e. The average molecular weight is 301 g/mol. The fourth-order valence-electron chi connectivity index (χ4n) is 2.80. The Labute approximate surface area is 122 Å². The Hall–Kier alpha value is -1.36. The van der Waals surface area contributed by atoms with Gasteiger partial charge in [0.05, 0.1) is 16.0 Å². The van der Waals surface area contributed by atoms with Gasteiger partial charge in [-0.2, -0.15) is 0 Å². The van der Waals surface area contributed by atoms with E-state index in [1.807, 2.05) is 6.92 Å². The molecular weight excluding hydrogens is 283 g/mol. The molecule has 0 amide bonds. The van der Waals surface area contributed by atoms with E-state index in [4.69, 9.17) is 11.6 Å². The van der Waals surface area contributed by atoms with Crippen LogP contribution in [-0.2, 0) is 0 Å². The third-order valence-corrected chi connectivity index (χ3v) is 4.27. The first-order chi connectivity index (χ1) is 9.49. The van der Waals surface area contributed by atoms with Crippen LogP contribution in [0.2, 0.25) is 5.02 Å². The molecule has 1 aromatic rings. The quantitative estimate of drug-likeness (QED) is 0.644. The molecule has 1 atom stereocenters. The minimum absolute atomic E-state index is 0.103. The van der Waals surface area contributed by atoms with Gasteiger partial charge >= 0.3 is 0 Å². The highest BCUT2D eigenvalue weighted by atomic mass is 35.5. The van der Waals surface area contributed by atoms with Gasteiger partial charge in [-0.3, -0.25) is 10.1 Å². The molecule has 1 fully saturated rings. The molecule has 4 nitrogen and oxygen atoms in total. The lowest BCUT2D eigenvalue weighted by atomic mass is 9.84. The molecular formula is C14H18ClFN2O2. The van der Waals surface area contributed by atoms with E-state index in [2.05, 4.69) is 5.32 Å². The number of nitrogens with zero attached hydrogens (tertiary/aromatic N) is 1. The molecule has 1 saturated carbocycles. The summed E-state index contributed by atoms with van der Waals surface area (Å²) < 4.78 is 13.3. The molecule has 0 aromatic heterocycles. The lowest BCUT2D eigenvalue weighted by Crippen LogP contribution is -2.28. The average Bonchev–Trinajstić information content (AvgIpc) is 2.43. The number of rotatable bonds is 4. The lowest BCUT2D eigenvalue weighted by molar-refractivity contribution is -0.384. The number of hydrogen-bond donors (Lipinski definition) is 1. The van der Waals surface area contributed by atoms with Gasteiger partial charge in [0.25, 0.3) is 5.69 Å². The van der Waals surface area contributed by atoms with Gasteiger partial charge in [-0.05, 0) is 31.7 Å². The maximum absolute atomic E-state index is 13.3. The zero-order valence-corrected chi connectivity index (χ0v) is 12.1. The van der Waals surface area contributed by atoms with Crippen LogP contribution in [0.25, 0.3) is 0 Å². The Morgan fingerprint density at radius 1 is 1.40 bits per heavy atom. The molecule has 0 saturated heterocycles. The Bertz CT molecular complexity index is 504. The van der Waals surface area contributed by atoms with Gasteiger partial charge in [0.1, 0.15) is 11.5 Å². The summed E-state index contributed by atoms with van der Waals surface area (Å²) >= 11 is 5.72. The number of nitrogens with one attached hydrogen (secondary N) is 1. The monoisotopic (exact) mass is 300 g/mol. The van der Waals surface area contributed by atoms with Crippen molar-refractivity contribution in [3.63, 3.8) is 0 Å². The second-order valence-electron chi connectivity index (χ2n) is 5.37. The van der Waals surface area contributed by atoms with Gasteiger partial charge in [0.15, 0.2) is 0 Å². The molecule has 1 N–H and O–H groups in total. The second-order valence-corrected chi connectivity index (χ2v) is 5.78. The predicted octanol–water partition coefficient (Wildman–Crippen LogP) is 4.77. The third kappa shape index (κ3) is 3.39. The van der Waals surface area contributed by atoms with Crippen molar-refractivity contribution in [1.29, 1.82) is 0 Å². The highest BCUT2D eigenvalue weighted by Gasteiger charge is 2.24. The summed E-state index contributed by atoms with van der Waals surface area (Å²) in [5.41, 5.74) is 0.0223. The second kappa shape index (κ2) is 6.39. The number of halogens is 2. The zero-order valence-electron chi connectivity index (χ0n) is 11.4. The third-order valence-electron chi connectivity index (χ3n) is 3.98. The van der Waals surface area contributed by atoms with E-state index < -0.39 is 10.7 Å². The van der Waals surface area contributed by atoms with Gasteiger partial charge in [-0.25, -0.2) is 4.39 Å². The van der Waals surface area contributed by atoms with Crippen LogP contribution in [0.4, 0.5) is 15.8 Å². The van der Waals surface area contributed by atoms with Gasteiger partial charge in [-0.1, -0.05) is 30.9 Å². The molecule has 2 rings (SSSR count). The summed E-state index contributed by atoms with van der Waals surface area (Å²) in [6.45, 7) is 2.01. The Morgan fingerprint density at radius 3 is 2.65 bits per heavy atom. The highest BCUT2D eigenvalue weighted by Crippen LogP contribution is 2.33. The van der Waals surface area contributed by atoms with E-state index in [0.29, 0.717) is 11.6 Å². The summed E-state index contributed by atoms with van der Waals surface area (Å²) in [6.07, 6.45) is 5.89. The van der Waals surface area contributed by atoms with Gasteiger partial charge in [-0.15, -0.1) is 0 Å². The maximum atomic E-state index is 13.3. The maximum Gasteiger partial charge on any atom is 0.295 e. The van der Waals surface area contributed by atoms with Crippen molar-refractivity contribution >= 4 is 23.0 Å². The Balaban J connectivity index is 2.19. The van der Waals surface area contributed by atoms with E-state index >= 15 is 0 Å². The molecule has 1 aliphatic carbocycles. The fourth-order valence-corrected chi connectivity index (χ4v) is 2.96. The number of hydrogen-bond acceptors (Lipinski definition) is 3. The van der Waals surface area contributed by atoms with Crippen molar-refractivity contribution in [2.45, 2.75) is 45.1 Å². The van der Waals surface area contributed by atoms with Crippen molar-refractivity contribution in [1.82, 2.24) is 0 Å². The van der Waals surface area contributed by atoms with Crippen molar-refractivity contribution in [2.75, 3.05) is 5.32 Å². The summed E-state index contributed by atoms with van der Waals surface area (Å²) in [5, 5.41) is 14.0. The first-order valence-electron chi connectivity index (χ1n) is 6.89. The van der Waals surface area contributed by atoms with Crippen LogP contribution in [0.3, 0.4) is 0 Å². The predicted molar refractivity (Wildman–Crippen MR) is 77.7 cm³/mol. The van der Waals surface area contributed by atoms with Crippen LogP contribution in [-0.4, -0.2) is 11.0 Å². The molecule has 0 aliphatic heterocycles. The molecule has 1 unspecified atom stereocenters. The number of nitro groups is 1. The van der Waals surface area contributed by atoms with Crippen LogP contribution in [0.5, 0.6) is 0 Å². The number of anilines is 1. The summed E-state index contributed by atoms with van der Waals surface area (Å²) in [7, 11) is 0. The molecule has 1 aromatic carbocycles. The van der Waals surface area contributed by atoms with Crippen LogP contribution >= 0.6 is 11.6 Å². The van der Waals surface area contributed by atoms with Crippen molar-refractivity contribution in [3.05, 3.63) is 33.1 Å². The first-order valence-corrected chi connectivity index (χ1v) is 7.27. The first kappa shape index (κ1) is 15.0. The zero-order chi connectivity index (χ0) is 14.7. The summed E-state index contributed by atoms with van der Waals surface area (Å²) in [5.74, 6) is -0.276. The van der Waals surface area contributed by atoms with Crippen molar-refractivity contribution in [3.8, 4) is 0 Å². The van der Waals surface area contributed by atoms with Gasteiger partial charge in [0.2, 0.25) is 0 Å². The van der Waals surface area contributed by atoms with E-state index in [1.165, 1.54) is 25.3 Å². The normalized spacial score (nSPS) is 17.8. The highest BCUT2D eigenvalue weighted by molar-refractivity contribution is 6.31. The molecule has 0 spiro atoms.